The van der Waals surface area contributed by atoms with Crippen LogP contribution in [0.15, 0.2) is 12.4 Å². The lowest BCUT2D eigenvalue weighted by atomic mass is 9.99. The van der Waals surface area contributed by atoms with Crippen LogP contribution in [0.25, 0.3) is 0 Å². The van der Waals surface area contributed by atoms with Gasteiger partial charge < -0.3 is 10.6 Å². The monoisotopic (exact) mass is 264 g/mol. The molecule has 106 valence electrons. The van der Waals surface area contributed by atoms with Crippen molar-refractivity contribution in [3.63, 3.8) is 0 Å². The summed E-state index contributed by atoms with van der Waals surface area (Å²) in [7, 11) is 0. The van der Waals surface area contributed by atoms with Gasteiger partial charge in [-0.3, -0.25) is 9.78 Å². The van der Waals surface area contributed by atoms with Crippen LogP contribution < -0.4 is 10.6 Å². The first kappa shape index (κ1) is 15.4. The SMILES string of the molecule is CCCNc1cncc(C(=O)NC(C)(C)CCC)n1. The summed E-state index contributed by atoms with van der Waals surface area (Å²) in [5, 5.41) is 6.11. The molecule has 1 heterocycles. The second-order valence-electron chi connectivity index (χ2n) is 5.30. The molecule has 5 heteroatoms. The van der Waals surface area contributed by atoms with Gasteiger partial charge in [-0.05, 0) is 26.7 Å². The van der Waals surface area contributed by atoms with E-state index in [9.17, 15) is 4.79 Å². The van der Waals surface area contributed by atoms with Crippen molar-refractivity contribution in [1.82, 2.24) is 15.3 Å². The number of nitrogens with one attached hydrogen (secondary N) is 2. The van der Waals surface area contributed by atoms with Crippen LogP contribution in [0.5, 0.6) is 0 Å². The first-order chi connectivity index (χ1) is 8.98. The maximum Gasteiger partial charge on any atom is 0.271 e. The minimum atomic E-state index is -0.222. The number of anilines is 1. The van der Waals surface area contributed by atoms with Crippen molar-refractivity contribution >= 4 is 11.7 Å². The molecule has 0 spiro atoms. The zero-order valence-electron chi connectivity index (χ0n) is 12.3. The van der Waals surface area contributed by atoms with Crippen molar-refractivity contribution in [1.29, 1.82) is 0 Å². The van der Waals surface area contributed by atoms with E-state index in [1.165, 1.54) is 6.20 Å². The van der Waals surface area contributed by atoms with Crippen molar-refractivity contribution in [3.05, 3.63) is 18.1 Å². The van der Waals surface area contributed by atoms with E-state index in [1.807, 2.05) is 13.8 Å². The van der Waals surface area contributed by atoms with Gasteiger partial charge in [-0.15, -0.1) is 0 Å². The molecule has 1 aromatic rings. The predicted molar refractivity (Wildman–Crippen MR) is 77.3 cm³/mol. The van der Waals surface area contributed by atoms with Crippen molar-refractivity contribution in [2.45, 2.75) is 52.5 Å². The van der Waals surface area contributed by atoms with Gasteiger partial charge >= 0.3 is 0 Å². The number of carbonyl (C=O) groups is 1. The number of hydrogen-bond acceptors (Lipinski definition) is 4. The minimum absolute atomic E-state index is 0.175. The lowest BCUT2D eigenvalue weighted by Crippen LogP contribution is -2.43. The van der Waals surface area contributed by atoms with Gasteiger partial charge in [0.05, 0.1) is 12.4 Å². The molecule has 0 aromatic carbocycles. The summed E-state index contributed by atoms with van der Waals surface area (Å²) in [6.45, 7) is 9.02. The molecule has 0 bridgehead atoms. The fraction of sp³-hybridized carbons (Fsp3) is 0.643. The van der Waals surface area contributed by atoms with Crippen LogP contribution in [-0.4, -0.2) is 28.0 Å². The fourth-order valence-corrected chi connectivity index (χ4v) is 1.87. The molecule has 2 N–H and O–H groups in total. The van der Waals surface area contributed by atoms with Crippen molar-refractivity contribution < 1.29 is 4.79 Å². The number of rotatable bonds is 7. The van der Waals surface area contributed by atoms with Crippen LogP contribution in [0.3, 0.4) is 0 Å². The quantitative estimate of drug-likeness (QED) is 0.794. The van der Waals surface area contributed by atoms with Crippen LogP contribution in [0.4, 0.5) is 5.82 Å². The molecule has 0 fully saturated rings. The molecule has 0 aliphatic heterocycles. The van der Waals surface area contributed by atoms with E-state index in [2.05, 4.69) is 34.4 Å². The van der Waals surface area contributed by atoms with Gasteiger partial charge in [0.15, 0.2) is 0 Å². The highest BCUT2D eigenvalue weighted by Crippen LogP contribution is 2.12. The molecule has 0 saturated carbocycles. The fourth-order valence-electron chi connectivity index (χ4n) is 1.87. The van der Waals surface area contributed by atoms with Crippen LogP contribution in [0, 0.1) is 0 Å². The zero-order chi connectivity index (χ0) is 14.3. The van der Waals surface area contributed by atoms with E-state index in [4.69, 9.17) is 0 Å². The maximum atomic E-state index is 12.1. The normalized spacial score (nSPS) is 11.2. The summed E-state index contributed by atoms with van der Waals surface area (Å²) < 4.78 is 0. The van der Waals surface area contributed by atoms with Gasteiger partial charge in [0.2, 0.25) is 0 Å². The largest absolute Gasteiger partial charge is 0.369 e. The Bertz CT molecular complexity index is 418. The Morgan fingerprint density at radius 2 is 2.00 bits per heavy atom. The van der Waals surface area contributed by atoms with Gasteiger partial charge in [0.1, 0.15) is 11.5 Å². The van der Waals surface area contributed by atoms with Gasteiger partial charge in [-0.1, -0.05) is 20.3 Å². The van der Waals surface area contributed by atoms with Crippen LogP contribution >= 0.6 is 0 Å². The van der Waals surface area contributed by atoms with E-state index >= 15 is 0 Å². The first-order valence-corrected chi connectivity index (χ1v) is 6.87. The maximum absolute atomic E-state index is 12.1. The molecule has 1 amide bonds. The predicted octanol–water partition coefficient (Wildman–Crippen LogP) is 2.61. The van der Waals surface area contributed by atoms with Crippen molar-refractivity contribution in [3.8, 4) is 0 Å². The smallest absolute Gasteiger partial charge is 0.271 e. The van der Waals surface area contributed by atoms with E-state index in [0.717, 1.165) is 25.8 Å². The Morgan fingerprint density at radius 1 is 1.26 bits per heavy atom. The summed E-state index contributed by atoms with van der Waals surface area (Å²) in [5.74, 6) is 0.467. The summed E-state index contributed by atoms with van der Waals surface area (Å²) in [4.78, 5) is 20.4. The average Bonchev–Trinajstić information content (AvgIpc) is 2.36. The van der Waals surface area contributed by atoms with E-state index in [-0.39, 0.29) is 11.4 Å². The van der Waals surface area contributed by atoms with E-state index < -0.39 is 0 Å². The Morgan fingerprint density at radius 3 is 2.63 bits per heavy atom. The zero-order valence-corrected chi connectivity index (χ0v) is 12.3. The number of hydrogen-bond donors (Lipinski definition) is 2. The number of aromatic nitrogens is 2. The third-order valence-corrected chi connectivity index (χ3v) is 2.75. The molecule has 1 aromatic heterocycles. The number of nitrogens with zero attached hydrogens (tertiary/aromatic N) is 2. The highest BCUT2D eigenvalue weighted by Gasteiger charge is 2.21. The van der Waals surface area contributed by atoms with Crippen molar-refractivity contribution in [2.75, 3.05) is 11.9 Å². The molecule has 19 heavy (non-hydrogen) atoms. The molecular weight excluding hydrogens is 240 g/mol. The lowest BCUT2D eigenvalue weighted by molar-refractivity contribution is 0.0903. The Hall–Kier alpha value is -1.65. The Balaban J connectivity index is 2.71. The molecule has 0 atom stereocenters. The topological polar surface area (TPSA) is 66.9 Å². The van der Waals surface area contributed by atoms with Crippen LogP contribution in [-0.2, 0) is 0 Å². The van der Waals surface area contributed by atoms with Crippen LogP contribution in [0.2, 0.25) is 0 Å². The third kappa shape index (κ3) is 5.24. The molecule has 1 rings (SSSR count). The molecule has 0 radical (unpaired) electrons. The Kier molecular flexibility index (Phi) is 5.73. The van der Waals surface area contributed by atoms with Gasteiger partial charge in [-0.25, -0.2) is 4.98 Å². The van der Waals surface area contributed by atoms with E-state index in [0.29, 0.717) is 11.5 Å². The molecule has 0 aliphatic rings. The first-order valence-electron chi connectivity index (χ1n) is 6.87. The van der Waals surface area contributed by atoms with Gasteiger partial charge in [0.25, 0.3) is 5.91 Å². The average molecular weight is 264 g/mol. The van der Waals surface area contributed by atoms with Gasteiger partial charge in [0, 0.05) is 12.1 Å². The Labute approximate surface area is 115 Å². The molecular formula is C14H24N4O. The highest BCUT2D eigenvalue weighted by atomic mass is 16.2. The summed E-state index contributed by atoms with van der Waals surface area (Å²) in [6, 6.07) is 0. The second kappa shape index (κ2) is 7.07. The number of amides is 1. The second-order valence-corrected chi connectivity index (χ2v) is 5.30. The summed E-state index contributed by atoms with van der Waals surface area (Å²) >= 11 is 0. The van der Waals surface area contributed by atoms with Gasteiger partial charge in [-0.2, -0.15) is 0 Å². The molecule has 5 nitrogen and oxygen atoms in total. The van der Waals surface area contributed by atoms with Crippen molar-refractivity contribution in [2.24, 2.45) is 0 Å². The third-order valence-electron chi connectivity index (χ3n) is 2.75. The molecule has 0 saturated heterocycles. The number of carbonyl (C=O) groups excluding carboxylic acids is 1. The van der Waals surface area contributed by atoms with Crippen LogP contribution in [0.1, 0.15) is 57.4 Å². The molecule has 0 aliphatic carbocycles. The van der Waals surface area contributed by atoms with E-state index in [1.54, 1.807) is 6.20 Å². The minimum Gasteiger partial charge on any atom is -0.369 e. The standard InChI is InChI=1S/C14H24N4O/c1-5-7-14(3,4)18-13(19)11-9-15-10-12(17-11)16-8-6-2/h9-10H,5-8H2,1-4H3,(H,16,17)(H,18,19). The molecule has 0 unspecified atom stereocenters. The highest BCUT2D eigenvalue weighted by molar-refractivity contribution is 5.92. The summed E-state index contributed by atoms with van der Waals surface area (Å²) in [5.41, 5.74) is 0.130. The summed E-state index contributed by atoms with van der Waals surface area (Å²) in [6.07, 6.45) is 6.08. The lowest BCUT2D eigenvalue weighted by Gasteiger charge is -2.25.